The van der Waals surface area contributed by atoms with E-state index in [0.717, 1.165) is 11.1 Å². The molecule has 192 valence electrons. The monoisotopic (exact) mass is 529 g/mol. The number of ether oxygens (including phenoxy) is 1. The van der Waals surface area contributed by atoms with E-state index in [4.69, 9.17) is 4.74 Å². The highest BCUT2D eigenvalue weighted by molar-refractivity contribution is 7.12. The van der Waals surface area contributed by atoms with Crippen LogP contribution in [0.4, 0.5) is 20.6 Å². The van der Waals surface area contributed by atoms with E-state index in [1.165, 1.54) is 40.5 Å². The van der Waals surface area contributed by atoms with Gasteiger partial charge in [-0.3, -0.25) is 14.5 Å². The van der Waals surface area contributed by atoms with E-state index in [2.05, 4.69) is 10.6 Å². The number of amides is 3. The Bertz CT molecular complexity index is 1460. The number of halogens is 1. The third kappa shape index (κ3) is 5.57. The van der Waals surface area contributed by atoms with Crippen LogP contribution in [0.5, 0.6) is 0 Å². The molecule has 4 aromatic rings. The topological polar surface area (TPSA) is 87.7 Å². The fourth-order valence-corrected chi connectivity index (χ4v) is 4.86. The Hall–Kier alpha value is -4.50. The number of cyclic esters (lactones) is 1. The van der Waals surface area contributed by atoms with Gasteiger partial charge in [-0.1, -0.05) is 48.0 Å². The second-order valence-electron chi connectivity index (χ2n) is 8.92. The van der Waals surface area contributed by atoms with Gasteiger partial charge in [-0.2, -0.15) is 0 Å². The molecule has 0 aliphatic carbocycles. The summed E-state index contributed by atoms with van der Waals surface area (Å²) in [5.41, 5.74) is 3.36. The van der Waals surface area contributed by atoms with Crippen LogP contribution in [0, 0.1) is 12.7 Å². The molecule has 1 fully saturated rings. The van der Waals surface area contributed by atoms with E-state index in [0.29, 0.717) is 21.8 Å². The summed E-state index contributed by atoms with van der Waals surface area (Å²) in [5, 5.41) is 7.44. The largest absolute Gasteiger partial charge is 0.438 e. The molecule has 0 bridgehead atoms. The Balaban J connectivity index is 1.44. The number of carbonyl (C=O) groups excluding carboxylic acids is 3. The van der Waals surface area contributed by atoms with Crippen molar-refractivity contribution in [1.82, 2.24) is 4.90 Å². The number of anilines is 2. The van der Waals surface area contributed by atoms with E-state index in [1.807, 2.05) is 36.6 Å². The molecule has 1 saturated heterocycles. The highest BCUT2D eigenvalue weighted by Gasteiger charge is 2.47. The van der Waals surface area contributed by atoms with Crippen molar-refractivity contribution in [3.8, 4) is 0 Å². The maximum atomic E-state index is 13.6. The van der Waals surface area contributed by atoms with Gasteiger partial charge in [0.2, 0.25) is 0 Å². The van der Waals surface area contributed by atoms with Crippen molar-refractivity contribution in [2.45, 2.75) is 25.6 Å². The minimum absolute atomic E-state index is 0.159. The molecule has 0 unspecified atom stereocenters. The summed E-state index contributed by atoms with van der Waals surface area (Å²) < 4.78 is 19.1. The van der Waals surface area contributed by atoms with Crippen LogP contribution in [0.15, 0.2) is 90.3 Å². The number of carbonyl (C=O) groups is 3. The first kappa shape index (κ1) is 25.2. The summed E-state index contributed by atoms with van der Waals surface area (Å²) in [5.74, 6) is -1.16. The fraction of sp³-hybridized carbons (Fsp3) is 0.138. The number of aryl methyl sites for hydroxylation is 1. The first-order valence-corrected chi connectivity index (χ1v) is 12.8. The maximum absolute atomic E-state index is 13.6. The standard InChI is InChI=1S/C29H24FN3O4S/c1-18-7-9-19(10-8-18)17-33-25(28(35)31-22-13-11-21(30)12-14-22)26(37-29(33)36)20-4-2-5-23(16-20)32-27(34)24-6-3-15-38-24/h2-16,25-26H,17H2,1H3,(H,31,35)(H,32,34)/t25-,26+/m0/s1. The third-order valence-electron chi connectivity index (χ3n) is 6.16. The highest BCUT2D eigenvalue weighted by atomic mass is 32.1. The molecule has 1 aromatic heterocycles. The van der Waals surface area contributed by atoms with E-state index in [9.17, 15) is 18.8 Å². The zero-order chi connectivity index (χ0) is 26.6. The molecule has 2 atom stereocenters. The first-order chi connectivity index (χ1) is 18.4. The zero-order valence-corrected chi connectivity index (χ0v) is 21.2. The predicted molar refractivity (Wildman–Crippen MR) is 143 cm³/mol. The number of benzene rings is 3. The van der Waals surface area contributed by atoms with Crippen molar-refractivity contribution in [2.24, 2.45) is 0 Å². The van der Waals surface area contributed by atoms with Crippen LogP contribution < -0.4 is 10.6 Å². The van der Waals surface area contributed by atoms with Gasteiger partial charge < -0.3 is 15.4 Å². The van der Waals surface area contributed by atoms with Crippen molar-refractivity contribution < 1.29 is 23.5 Å². The lowest BCUT2D eigenvalue weighted by molar-refractivity contribution is -0.121. The van der Waals surface area contributed by atoms with Crippen LogP contribution in [-0.2, 0) is 16.1 Å². The van der Waals surface area contributed by atoms with E-state index < -0.39 is 30.0 Å². The second-order valence-corrected chi connectivity index (χ2v) is 9.86. The van der Waals surface area contributed by atoms with Gasteiger partial charge in [-0.15, -0.1) is 11.3 Å². The molecule has 1 aliphatic heterocycles. The maximum Gasteiger partial charge on any atom is 0.411 e. The van der Waals surface area contributed by atoms with E-state index >= 15 is 0 Å². The van der Waals surface area contributed by atoms with Gasteiger partial charge in [0.05, 0.1) is 11.4 Å². The summed E-state index contributed by atoms with van der Waals surface area (Å²) in [6.07, 6.45) is -1.57. The molecule has 0 spiro atoms. The minimum atomic E-state index is -1.02. The predicted octanol–water partition coefficient (Wildman–Crippen LogP) is 6.15. The second kappa shape index (κ2) is 10.9. The lowest BCUT2D eigenvalue weighted by atomic mass is 9.99. The van der Waals surface area contributed by atoms with Crippen molar-refractivity contribution in [3.05, 3.63) is 118 Å². The number of thiophene rings is 1. The summed E-state index contributed by atoms with van der Waals surface area (Å²) in [6, 6.07) is 22.4. The van der Waals surface area contributed by atoms with Gasteiger partial charge in [-0.25, -0.2) is 9.18 Å². The zero-order valence-electron chi connectivity index (χ0n) is 20.4. The lowest BCUT2D eigenvalue weighted by Gasteiger charge is -2.24. The molecule has 1 aliphatic rings. The molecule has 0 radical (unpaired) electrons. The highest BCUT2D eigenvalue weighted by Crippen LogP contribution is 2.35. The summed E-state index contributed by atoms with van der Waals surface area (Å²) in [4.78, 5) is 41.1. The fourth-order valence-electron chi connectivity index (χ4n) is 4.24. The molecule has 2 heterocycles. The summed E-state index contributed by atoms with van der Waals surface area (Å²) in [6.45, 7) is 2.12. The Labute approximate surface area is 222 Å². The van der Waals surface area contributed by atoms with Gasteiger partial charge in [-0.05, 0) is 65.9 Å². The number of hydrogen-bond donors (Lipinski definition) is 2. The van der Waals surface area contributed by atoms with Gasteiger partial charge in [0.15, 0.2) is 12.1 Å². The normalized spacial score (nSPS) is 16.7. The number of hydrogen-bond acceptors (Lipinski definition) is 5. The lowest BCUT2D eigenvalue weighted by Crippen LogP contribution is -2.43. The first-order valence-electron chi connectivity index (χ1n) is 11.9. The summed E-state index contributed by atoms with van der Waals surface area (Å²) >= 11 is 1.32. The number of nitrogens with one attached hydrogen (secondary N) is 2. The Morgan fingerprint density at radius 2 is 1.71 bits per heavy atom. The minimum Gasteiger partial charge on any atom is -0.438 e. The van der Waals surface area contributed by atoms with Crippen molar-refractivity contribution in [2.75, 3.05) is 10.6 Å². The Morgan fingerprint density at radius 1 is 0.947 bits per heavy atom. The van der Waals surface area contributed by atoms with Crippen molar-refractivity contribution in [3.63, 3.8) is 0 Å². The van der Waals surface area contributed by atoms with Crippen LogP contribution in [0.3, 0.4) is 0 Å². The van der Waals surface area contributed by atoms with E-state index in [1.54, 1.807) is 36.4 Å². The molecule has 9 heteroatoms. The SMILES string of the molecule is Cc1ccc(CN2C(=O)O[C@H](c3cccc(NC(=O)c4cccs4)c3)[C@H]2C(=O)Nc2ccc(F)cc2)cc1. The van der Waals surface area contributed by atoms with Gasteiger partial charge in [0.1, 0.15) is 5.82 Å². The molecule has 7 nitrogen and oxygen atoms in total. The van der Waals surface area contributed by atoms with Crippen LogP contribution in [0.2, 0.25) is 0 Å². The van der Waals surface area contributed by atoms with Crippen molar-refractivity contribution >= 4 is 40.6 Å². The van der Waals surface area contributed by atoms with Gasteiger partial charge in [0, 0.05) is 11.4 Å². The number of nitrogens with zero attached hydrogens (tertiary/aromatic N) is 1. The van der Waals surface area contributed by atoms with Crippen molar-refractivity contribution in [1.29, 1.82) is 0 Å². The van der Waals surface area contributed by atoms with Crippen LogP contribution >= 0.6 is 11.3 Å². The van der Waals surface area contributed by atoms with Gasteiger partial charge in [0.25, 0.3) is 11.8 Å². The average molecular weight is 530 g/mol. The molecule has 2 N–H and O–H groups in total. The molecule has 38 heavy (non-hydrogen) atoms. The Kier molecular flexibility index (Phi) is 7.19. The smallest absolute Gasteiger partial charge is 0.411 e. The molecule has 5 rings (SSSR count). The molecular formula is C29H24FN3O4S. The molecule has 3 amide bonds. The summed E-state index contributed by atoms with van der Waals surface area (Å²) in [7, 11) is 0. The van der Waals surface area contributed by atoms with Crippen LogP contribution in [-0.4, -0.2) is 28.8 Å². The average Bonchev–Trinajstić information content (AvgIpc) is 3.56. The quantitative estimate of drug-likeness (QED) is 0.301. The third-order valence-corrected chi connectivity index (χ3v) is 7.03. The van der Waals surface area contributed by atoms with Crippen LogP contribution in [0.25, 0.3) is 0 Å². The van der Waals surface area contributed by atoms with E-state index in [-0.39, 0.29) is 12.5 Å². The van der Waals surface area contributed by atoms with Crippen LogP contribution in [0.1, 0.15) is 32.5 Å². The van der Waals surface area contributed by atoms with Gasteiger partial charge >= 0.3 is 6.09 Å². The molecule has 0 saturated carbocycles. The molecular weight excluding hydrogens is 505 g/mol. The molecule has 3 aromatic carbocycles. The Morgan fingerprint density at radius 3 is 2.42 bits per heavy atom. The number of rotatable bonds is 7.